The predicted octanol–water partition coefficient (Wildman–Crippen LogP) is 4.65. The van der Waals surface area contributed by atoms with Crippen LogP contribution in [0.2, 0.25) is 0 Å². The number of piperidine rings is 1. The van der Waals surface area contributed by atoms with Crippen molar-refractivity contribution in [2.24, 2.45) is 5.92 Å². The summed E-state index contributed by atoms with van der Waals surface area (Å²) < 4.78 is 13.9. The average molecular weight is 418 g/mol. The van der Waals surface area contributed by atoms with Crippen LogP contribution in [0.5, 0.6) is 0 Å². The molecule has 2 heterocycles. The van der Waals surface area contributed by atoms with E-state index in [4.69, 9.17) is 0 Å². The van der Waals surface area contributed by atoms with E-state index in [9.17, 15) is 9.18 Å². The first-order chi connectivity index (χ1) is 15.1. The van der Waals surface area contributed by atoms with Gasteiger partial charge < -0.3 is 5.32 Å². The Hall–Kier alpha value is -3.05. The van der Waals surface area contributed by atoms with Crippen molar-refractivity contribution < 1.29 is 9.18 Å². The molecule has 1 amide bonds. The highest BCUT2D eigenvalue weighted by molar-refractivity contribution is 5.79. The number of likely N-dealkylation sites (tertiary alicyclic amines) is 1. The number of hydrogen-bond donors (Lipinski definition) is 1. The van der Waals surface area contributed by atoms with Crippen LogP contribution in [-0.2, 0) is 11.3 Å². The van der Waals surface area contributed by atoms with Crippen molar-refractivity contribution in [2.45, 2.75) is 32.4 Å². The van der Waals surface area contributed by atoms with Gasteiger partial charge in [-0.05, 0) is 56.6 Å². The summed E-state index contributed by atoms with van der Waals surface area (Å²) in [5.41, 5.74) is 3.74. The lowest BCUT2D eigenvalue weighted by Crippen LogP contribution is -2.41. The molecule has 1 aliphatic heterocycles. The van der Waals surface area contributed by atoms with E-state index in [1.807, 2.05) is 49.4 Å². The molecule has 2 aromatic carbocycles. The number of benzene rings is 2. The molecule has 3 aromatic rings. The van der Waals surface area contributed by atoms with E-state index in [0.717, 1.165) is 37.2 Å². The SMILES string of the molecule is Cc1ccc(C(NC(=O)C2CCN(Cc3ccccc3F)CC2)c2ccccn2)cc1. The van der Waals surface area contributed by atoms with Crippen molar-refractivity contribution in [1.29, 1.82) is 0 Å². The lowest BCUT2D eigenvalue weighted by molar-refractivity contribution is -0.127. The van der Waals surface area contributed by atoms with Crippen LogP contribution in [0.3, 0.4) is 0 Å². The predicted molar refractivity (Wildman–Crippen MR) is 120 cm³/mol. The van der Waals surface area contributed by atoms with Crippen LogP contribution in [0.25, 0.3) is 0 Å². The summed E-state index contributed by atoms with van der Waals surface area (Å²) >= 11 is 0. The smallest absolute Gasteiger partial charge is 0.224 e. The van der Waals surface area contributed by atoms with Crippen LogP contribution in [-0.4, -0.2) is 28.9 Å². The van der Waals surface area contributed by atoms with E-state index >= 15 is 0 Å². The molecule has 1 saturated heterocycles. The van der Waals surface area contributed by atoms with Crippen molar-refractivity contribution in [1.82, 2.24) is 15.2 Å². The number of aryl methyl sites for hydroxylation is 1. The zero-order valence-electron chi connectivity index (χ0n) is 17.8. The first-order valence-electron chi connectivity index (χ1n) is 10.8. The minimum absolute atomic E-state index is 0.0477. The number of amides is 1. The highest BCUT2D eigenvalue weighted by Crippen LogP contribution is 2.24. The second kappa shape index (κ2) is 9.84. The van der Waals surface area contributed by atoms with Gasteiger partial charge in [0.2, 0.25) is 5.91 Å². The molecule has 5 heteroatoms. The number of halogens is 1. The molecule has 1 aromatic heterocycles. The first kappa shape index (κ1) is 21.2. The molecule has 4 nitrogen and oxygen atoms in total. The van der Waals surface area contributed by atoms with Crippen LogP contribution in [0.1, 0.15) is 41.3 Å². The van der Waals surface area contributed by atoms with Gasteiger partial charge in [0, 0.05) is 24.2 Å². The van der Waals surface area contributed by atoms with Crippen LogP contribution in [0.4, 0.5) is 4.39 Å². The average Bonchev–Trinajstić information content (AvgIpc) is 2.81. The summed E-state index contributed by atoms with van der Waals surface area (Å²) in [6.45, 7) is 4.20. The Kier molecular flexibility index (Phi) is 6.73. The van der Waals surface area contributed by atoms with E-state index in [1.165, 1.54) is 11.6 Å². The number of carbonyl (C=O) groups excluding carboxylic acids is 1. The number of hydrogen-bond acceptors (Lipinski definition) is 3. The highest BCUT2D eigenvalue weighted by Gasteiger charge is 2.28. The van der Waals surface area contributed by atoms with Gasteiger partial charge in [-0.1, -0.05) is 54.1 Å². The highest BCUT2D eigenvalue weighted by atomic mass is 19.1. The fraction of sp³-hybridized carbons (Fsp3) is 0.308. The molecule has 1 N–H and O–H groups in total. The van der Waals surface area contributed by atoms with Crippen LogP contribution >= 0.6 is 0 Å². The van der Waals surface area contributed by atoms with Crippen LogP contribution in [0.15, 0.2) is 72.9 Å². The molecular weight excluding hydrogens is 389 g/mol. The molecule has 0 spiro atoms. The molecule has 1 fully saturated rings. The Balaban J connectivity index is 1.40. The van der Waals surface area contributed by atoms with Crippen molar-refractivity contribution in [3.05, 3.63) is 101 Å². The number of carbonyl (C=O) groups is 1. The summed E-state index contributed by atoms with van der Waals surface area (Å²) in [4.78, 5) is 19.8. The van der Waals surface area contributed by atoms with Crippen molar-refractivity contribution in [3.63, 3.8) is 0 Å². The Morgan fingerprint density at radius 3 is 2.45 bits per heavy atom. The Labute approximate surface area is 183 Å². The van der Waals surface area contributed by atoms with E-state index in [2.05, 4.69) is 27.3 Å². The Bertz CT molecular complexity index is 999. The van der Waals surface area contributed by atoms with Gasteiger partial charge in [0.05, 0.1) is 11.7 Å². The minimum Gasteiger partial charge on any atom is -0.343 e. The minimum atomic E-state index is -0.272. The summed E-state index contributed by atoms with van der Waals surface area (Å²) in [6.07, 6.45) is 3.29. The third-order valence-corrected chi connectivity index (χ3v) is 5.99. The first-order valence-corrected chi connectivity index (χ1v) is 10.8. The molecule has 0 radical (unpaired) electrons. The number of aromatic nitrogens is 1. The topological polar surface area (TPSA) is 45.2 Å². The fourth-order valence-electron chi connectivity index (χ4n) is 4.11. The van der Waals surface area contributed by atoms with Crippen molar-refractivity contribution >= 4 is 5.91 Å². The number of rotatable bonds is 6. The molecule has 160 valence electrons. The van der Waals surface area contributed by atoms with Gasteiger partial charge >= 0.3 is 0 Å². The molecular formula is C26H28FN3O. The lowest BCUT2D eigenvalue weighted by atomic mass is 9.94. The third kappa shape index (κ3) is 5.36. The lowest BCUT2D eigenvalue weighted by Gasteiger charge is -2.32. The van der Waals surface area contributed by atoms with Gasteiger partial charge in [-0.25, -0.2) is 4.39 Å². The Morgan fingerprint density at radius 2 is 1.77 bits per heavy atom. The van der Waals surface area contributed by atoms with Crippen LogP contribution in [0, 0.1) is 18.7 Å². The van der Waals surface area contributed by atoms with Gasteiger partial charge in [0.1, 0.15) is 5.82 Å². The van der Waals surface area contributed by atoms with Gasteiger partial charge in [0.25, 0.3) is 0 Å². The van der Waals surface area contributed by atoms with Gasteiger partial charge in [0.15, 0.2) is 0 Å². The maximum Gasteiger partial charge on any atom is 0.224 e. The zero-order chi connectivity index (χ0) is 21.6. The second-order valence-corrected chi connectivity index (χ2v) is 8.25. The molecule has 0 saturated carbocycles. The summed E-state index contributed by atoms with van der Waals surface area (Å²) in [5, 5.41) is 3.23. The summed E-state index contributed by atoms with van der Waals surface area (Å²) in [5.74, 6) is -0.158. The number of pyridine rings is 1. The molecule has 31 heavy (non-hydrogen) atoms. The number of nitrogens with one attached hydrogen (secondary N) is 1. The number of nitrogens with zero attached hydrogens (tertiary/aromatic N) is 2. The molecule has 0 aliphatic carbocycles. The van der Waals surface area contributed by atoms with Gasteiger partial charge in [-0.15, -0.1) is 0 Å². The normalized spacial score (nSPS) is 16.1. The monoisotopic (exact) mass is 417 g/mol. The fourth-order valence-corrected chi connectivity index (χ4v) is 4.11. The maximum atomic E-state index is 13.9. The van der Waals surface area contributed by atoms with Crippen molar-refractivity contribution in [3.8, 4) is 0 Å². The van der Waals surface area contributed by atoms with Gasteiger partial charge in [-0.3, -0.25) is 14.7 Å². The largest absolute Gasteiger partial charge is 0.343 e. The zero-order valence-corrected chi connectivity index (χ0v) is 17.8. The molecule has 0 bridgehead atoms. The van der Waals surface area contributed by atoms with E-state index in [-0.39, 0.29) is 23.7 Å². The van der Waals surface area contributed by atoms with Gasteiger partial charge in [-0.2, -0.15) is 0 Å². The second-order valence-electron chi connectivity index (χ2n) is 8.25. The molecule has 1 unspecified atom stereocenters. The maximum absolute atomic E-state index is 13.9. The van der Waals surface area contributed by atoms with E-state index in [0.29, 0.717) is 12.1 Å². The standard InChI is InChI=1S/C26H28FN3O/c1-19-9-11-20(12-10-19)25(24-8-4-5-15-28-24)29-26(31)21-13-16-30(17-14-21)18-22-6-2-3-7-23(22)27/h2-12,15,21,25H,13-14,16-18H2,1H3,(H,29,31). The summed E-state index contributed by atoms with van der Waals surface area (Å²) in [7, 11) is 0. The third-order valence-electron chi connectivity index (χ3n) is 5.99. The molecule has 4 rings (SSSR count). The molecule has 1 aliphatic rings. The van der Waals surface area contributed by atoms with E-state index in [1.54, 1.807) is 12.3 Å². The summed E-state index contributed by atoms with van der Waals surface area (Å²) in [6, 6.07) is 20.6. The Morgan fingerprint density at radius 1 is 1.06 bits per heavy atom. The van der Waals surface area contributed by atoms with Crippen molar-refractivity contribution in [2.75, 3.05) is 13.1 Å². The quantitative estimate of drug-likeness (QED) is 0.635. The molecule has 1 atom stereocenters. The van der Waals surface area contributed by atoms with Crippen LogP contribution < -0.4 is 5.32 Å². The van der Waals surface area contributed by atoms with E-state index < -0.39 is 0 Å².